The molecule has 0 aliphatic heterocycles. The highest BCUT2D eigenvalue weighted by Crippen LogP contribution is 2.49. The Morgan fingerprint density at radius 1 is 1.00 bits per heavy atom. The van der Waals surface area contributed by atoms with Crippen LogP contribution in [0.25, 0.3) is 0 Å². The molecule has 4 atom stereocenters. The first-order chi connectivity index (χ1) is 22.6. The third-order valence-electron chi connectivity index (χ3n) is 9.79. The summed E-state index contributed by atoms with van der Waals surface area (Å²) in [6.07, 6.45) is 2.63. The van der Waals surface area contributed by atoms with Gasteiger partial charge in [0.15, 0.2) is 11.6 Å². The third kappa shape index (κ3) is 6.81. The maximum absolute atomic E-state index is 15.1. The Kier molecular flexibility index (Phi) is 9.98. The topological polar surface area (TPSA) is 157 Å². The summed E-state index contributed by atoms with van der Waals surface area (Å²) >= 11 is 0. The Morgan fingerprint density at radius 3 is 2.31 bits per heavy atom. The molecule has 0 saturated heterocycles. The maximum atomic E-state index is 15.1. The molecule has 5 rings (SSSR count). The van der Waals surface area contributed by atoms with Crippen LogP contribution in [0.1, 0.15) is 55.3 Å². The van der Waals surface area contributed by atoms with Crippen LogP contribution in [-0.2, 0) is 24.2 Å². The third-order valence-corrected chi connectivity index (χ3v) is 11.3. The number of hydrogen-bond acceptors (Lipinski definition) is 8. The number of benzene rings is 2. The molecule has 0 radical (unpaired) electrons. The van der Waals surface area contributed by atoms with Crippen molar-refractivity contribution in [2.24, 2.45) is 23.2 Å². The molecule has 3 saturated carbocycles. The Morgan fingerprint density at radius 2 is 1.69 bits per heavy atom. The van der Waals surface area contributed by atoms with Gasteiger partial charge < -0.3 is 30.0 Å². The second-order valence-corrected chi connectivity index (χ2v) is 14.6. The van der Waals surface area contributed by atoms with E-state index in [1.807, 2.05) is 0 Å². The lowest BCUT2D eigenvalue weighted by Crippen LogP contribution is -2.48. The van der Waals surface area contributed by atoms with Crippen molar-refractivity contribution < 1.29 is 59.7 Å². The minimum absolute atomic E-state index is 0.0324. The van der Waals surface area contributed by atoms with Crippen molar-refractivity contribution in [1.29, 1.82) is 0 Å². The molecule has 11 nitrogen and oxygen atoms in total. The highest BCUT2D eigenvalue weighted by Gasteiger charge is 2.52. The molecule has 2 bridgehead atoms. The molecule has 0 heterocycles. The van der Waals surface area contributed by atoms with Gasteiger partial charge in [-0.15, -0.1) is 0 Å². The second-order valence-electron chi connectivity index (χ2n) is 12.6. The molecule has 262 valence electrons. The van der Waals surface area contributed by atoms with E-state index < -0.39 is 67.3 Å². The first kappa shape index (κ1) is 35.4. The van der Waals surface area contributed by atoms with Crippen LogP contribution >= 0.6 is 0 Å². The van der Waals surface area contributed by atoms with Gasteiger partial charge in [0, 0.05) is 24.9 Å². The number of anilines is 1. The fourth-order valence-corrected chi connectivity index (χ4v) is 8.12. The number of alkyl halides is 3. The van der Waals surface area contributed by atoms with Crippen LogP contribution in [0.5, 0.6) is 11.5 Å². The van der Waals surface area contributed by atoms with Crippen molar-refractivity contribution >= 4 is 33.3 Å². The zero-order chi connectivity index (χ0) is 35.0. The predicted octanol–water partition coefficient (Wildman–Crippen LogP) is 4.95. The molecule has 0 spiro atoms. The molecule has 0 unspecified atom stereocenters. The summed E-state index contributed by atoms with van der Waals surface area (Å²) in [6.45, 7) is 0.0324. The predicted molar refractivity (Wildman–Crippen MR) is 162 cm³/mol. The summed E-state index contributed by atoms with van der Waals surface area (Å²) in [6, 6.07) is 5.40. The first-order valence-electron chi connectivity index (χ1n) is 15.4. The fourth-order valence-electron chi connectivity index (χ4n) is 7.31. The van der Waals surface area contributed by atoms with Crippen molar-refractivity contribution in [3.63, 3.8) is 0 Å². The minimum atomic E-state index is -5.64. The monoisotopic (exact) mass is 700 g/mol. The molecular weight excluding hydrogens is 664 g/mol. The number of hydrogen-bond donors (Lipinski definition) is 3. The van der Waals surface area contributed by atoms with E-state index in [9.17, 15) is 41.1 Å². The van der Waals surface area contributed by atoms with Crippen LogP contribution in [0.3, 0.4) is 0 Å². The van der Waals surface area contributed by atoms with Gasteiger partial charge >= 0.3 is 11.5 Å². The number of carboxylic acid groups (broad SMARTS) is 1. The number of halogens is 4. The summed E-state index contributed by atoms with van der Waals surface area (Å²) < 4.78 is 94.5. The number of nitrogens with one attached hydrogen (secondary N) is 2. The largest absolute Gasteiger partial charge is 0.501 e. The fraction of sp³-hybridized carbons (Fsp3) is 0.531. The van der Waals surface area contributed by atoms with Gasteiger partial charge in [-0.1, -0.05) is 6.07 Å². The summed E-state index contributed by atoms with van der Waals surface area (Å²) in [4.78, 5) is 38.0. The second kappa shape index (κ2) is 13.5. The van der Waals surface area contributed by atoms with Crippen LogP contribution in [0.4, 0.5) is 23.2 Å². The summed E-state index contributed by atoms with van der Waals surface area (Å²) in [5.41, 5.74) is -6.79. The quantitative estimate of drug-likeness (QED) is 0.276. The number of carboxylic acids is 1. The van der Waals surface area contributed by atoms with Crippen LogP contribution in [0, 0.1) is 29.0 Å². The molecule has 3 aliphatic carbocycles. The van der Waals surface area contributed by atoms with Crippen molar-refractivity contribution in [1.82, 2.24) is 5.32 Å². The van der Waals surface area contributed by atoms with Gasteiger partial charge in [0.2, 0.25) is 5.91 Å². The molecule has 3 aliphatic rings. The number of ether oxygens (including phenoxy) is 3. The average Bonchev–Trinajstić information content (AvgIpc) is 3.64. The molecule has 2 aromatic rings. The van der Waals surface area contributed by atoms with E-state index >= 15 is 4.39 Å². The van der Waals surface area contributed by atoms with E-state index in [4.69, 9.17) is 14.2 Å². The van der Waals surface area contributed by atoms with E-state index in [1.165, 1.54) is 26.4 Å². The number of sulfone groups is 1. The van der Waals surface area contributed by atoms with Gasteiger partial charge in [0.25, 0.3) is 15.7 Å². The molecular formula is C32H36F4N2O9S. The average molecular weight is 701 g/mol. The molecule has 48 heavy (non-hydrogen) atoms. The van der Waals surface area contributed by atoms with E-state index in [0.29, 0.717) is 25.7 Å². The Balaban J connectivity index is 1.31. The molecule has 0 aromatic heterocycles. The minimum Gasteiger partial charge on any atom is -0.496 e. The smallest absolute Gasteiger partial charge is 0.496 e. The van der Waals surface area contributed by atoms with Crippen LogP contribution in [0.2, 0.25) is 0 Å². The molecule has 2 aromatic carbocycles. The zero-order valence-electron chi connectivity index (χ0n) is 26.1. The SMILES string of the molecule is COC[C@]1(C(=O)O)CC[C@@H](Oc2cc(C(=O)N[C@@H]3[C@@H]4CC[C@@H](C4)[C@@H]3C(=O)Nc3cccc(S(=O)(=O)C(F)(F)F)c3)c(OC)cc2F)CC1. The standard InChI is InChI=1S/C32H36F4N2O9S/c1-45-16-31(30(41)42)10-8-20(9-11-31)47-25-14-22(24(46-2)15-23(25)33)28(39)38-27-18-7-6-17(12-18)26(27)29(40)37-19-4-3-5-21(13-19)48(43,44)32(34,35)36/h3-5,13-15,17-18,20,26-27H,6-12,16H2,1-2H3,(H,37,40)(H,38,39)(H,41,42)/t17-,18+,20-,26-,27+,31+/m0/s1. The summed E-state index contributed by atoms with van der Waals surface area (Å²) in [7, 11) is -2.96. The van der Waals surface area contributed by atoms with E-state index in [0.717, 1.165) is 30.7 Å². The Bertz CT molecular complexity index is 1680. The Hall–Kier alpha value is -3.92. The first-order valence-corrected chi connectivity index (χ1v) is 16.9. The maximum Gasteiger partial charge on any atom is 0.501 e. The van der Waals surface area contributed by atoms with E-state index in [1.54, 1.807) is 0 Å². The van der Waals surface area contributed by atoms with Crippen molar-refractivity contribution in [2.75, 3.05) is 26.1 Å². The molecule has 3 fully saturated rings. The van der Waals surface area contributed by atoms with Crippen molar-refractivity contribution in [3.8, 4) is 11.5 Å². The molecule has 2 amide bonds. The van der Waals surface area contributed by atoms with Crippen molar-refractivity contribution in [3.05, 3.63) is 47.8 Å². The van der Waals surface area contributed by atoms with Gasteiger partial charge in [0.05, 0.1) is 41.6 Å². The number of fused-ring (bicyclic) bond motifs is 2. The van der Waals surface area contributed by atoms with E-state index in [2.05, 4.69) is 10.6 Å². The number of methoxy groups -OCH3 is 2. The van der Waals surface area contributed by atoms with E-state index in [-0.39, 0.29) is 54.0 Å². The van der Waals surface area contributed by atoms with Crippen LogP contribution in [-0.4, -0.2) is 69.8 Å². The number of rotatable bonds is 11. The van der Waals surface area contributed by atoms with Crippen LogP contribution < -0.4 is 20.1 Å². The van der Waals surface area contributed by atoms with Crippen molar-refractivity contribution in [2.45, 2.75) is 67.5 Å². The normalized spacial score (nSPS) is 26.9. The summed E-state index contributed by atoms with van der Waals surface area (Å²) in [5.74, 6) is -4.34. The number of aliphatic carboxylic acids is 1. The van der Waals surface area contributed by atoms with Gasteiger partial charge in [-0.3, -0.25) is 14.4 Å². The highest BCUT2D eigenvalue weighted by molar-refractivity contribution is 7.92. The molecule has 3 N–H and O–H groups in total. The lowest BCUT2D eigenvalue weighted by Gasteiger charge is -2.36. The number of carbonyl (C=O) groups excluding carboxylic acids is 2. The van der Waals surface area contributed by atoms with Crippen LogP contribution in [0.15, 0.2) is 41.3 Å². The lowest BCUT2D eigenvalue weighted by molar-refractivity contribution is -0.156. The van der Waals surface area contributed by atoms with Gasteiger partial charge in [-0.05, 0) is 81.0 Å². The van der Waals surface area contributed by atoms with Gasteiger partial charge in [-0.2, -0.15) is 13.2 Å². The van der Waals surface area contributed by atoms with Gasteiger partial charge in [-0.25, -0.2) is 12.8 Å². The zero-order valence-corrected chi connectivity index (χ0v) is 27.0. The lowest BCUT2D eigenvalue weighted by atomic mass is 9.73. The highest BCUT2D eigenvalue weighted by atomic mass is 32.2. The number of amides is 2. The Labute approximate surface area is 274 Å². The molecule has 16 heteroatoms. The van der Waals surface area contributed by atoms with Gasteiger partial charge in [0.1, 0.15) is 5.75 Å². The summed E-state index contributed by atoms with van der Waals surface area (Å²) in [5, 5.41) is 15.1. The number of carbonyl (C=O) groups is 3.